The average Bonchev–Trinajstić information content (AvgIpc) is 3.06. The van der Waals surface area contributed by atoms with E-state index in [4.69, 9.17) is 18.9 Å². The van der Waals surface area contributed by atoms with Gasteiger partial charge in [0.1, 0.15) is 0 Å². The van der Waals surface area contributed by atoms with Crippen molar-refractivity contribution in [2.24, 2.45) is 0 Å². The zero-order valence-corrected chi connectivity index (χ0v) is 27.0. The zero-order valence-electron chi connectivity index (χ0n) is 27.0. The number of unbranched alkanes of at least 4 members (excludes halogenated alkanes) is 4. The molecule has 238 valence electrons. The molecule has 1 amide bonds. The van der Waals surface area contributed by atoms with Crippen molar-refractivity contribution >= 4 is 11.6 Å². The molecule has 3 aromatic rings. The van der Waals surface area contributed by atoms with Crippen molar-refractivity contribution in [1.82, 2.24) is 10.2 Å². The van der Waals surface area contributed by atoms with Gasteiger partial charge in [0.15, 0.2) is 23.0 Å². The number of nitrogens with zero attached hydrogens (tertiary/aromatic N) is 1. The minimum Gasteiger partial charge on any atom is -0.493 e. The van der Waals surface area contributed by atoms with Gasteiger partial charge in [-0.05, 0) is 77.9 Å². The number of hydrogen-bond donors (Lipinski definition) is 2. The number of fused-ring (bicyclic) bond motifs is 1. The molecule has 1 atom stereocenters. The number of amides is 1. The average molecular weight is 604 g/mol. The van der Waals surface area contributed by atoms with Crippen LogP contribution >= 0.6 is 0 Å². The molecule has 0 aromatic heterocycles. The fourth-order valence-electron chi connectivity index (χ4n) is 5.88. The molecule has 0 bridgehead atoms. The van der Waals surface area contributed by atoms with Crippen molar-refractivity contribution in [3.63, 3.8) is 0 Å². The van der Waals surface area contributed by atoms with Crippen LogP contribution in [0.4, 0.5) is 5.69 Å². The standard InChI is InChI=1S/C36H49N3O5/c1-6-7-8-9-10-18-37-29-14-11-26(12-15-29)24-38-36(40)25-39-19-17-28-22-34(43-4)35(44-5)23-30(28)31(39)20-27-13-16-32(41-2)33(21-27)42-3/h11-16,21-23,31,37H,6-10,17-20,24-25H2,1-5H3,(H,38,40). The normalized spacial score (nSPS) is 14.4. The summed E-state index contributed by atoms with van der Waals surface area (Å²) < 4.78 is 22.3. The number of carbonyl (C=O) groups is 1. The summed E-state index contributed by atoms with van der Waals surface area (Å²) in [6.07, 6.45) is 7.86. The maximum Gasteiger partial charge on any atom is 0.234 e. The third kappa shape index (κ3) is 8.82. The fraction of sp³-hybridized carbons (Fsp3) is 0.472. The minimum atomic E-state index is -0.0327. The van der Waals surface area contributed by atoms with E-state index < -0.39 is 0 Å². The summed E-state index contributed by atoms with van der Waals surface area (Å²) in [6, 6.07) is 18.4. The van der Waals surface area contributed by atoms with E-state index in [-0.39, 0.29) is 11.9 Å². The second-order valence-electron chi connectivity index (χ2n) is 11.4. The molecule has 8 nitrogen and oxygen atoms in total. The SMILES string of the molecule is CCCCCCCNc1ccc(CNC(=O)CN2CCc3cc(OC)c(OC)cc3C2Cc2ccc(OC)c(OC)c2)cc1. The Morgan fingerprint density at radius 2 is 1.45 bits per heavy atom. The topological polar surface area (TPSA) is 81.3 Å². The molecule has 1 heterocycles. The number of anilines is 1. The zero-order chi connectivity index (χ0) is 31.3. The van der Waals surface area contributed by atoms with Crippen molar-refractivity contribution in [1.29, 1.82) is 0 Å². The molecule has 1 aliphatic rings. The number of carbonyl (C=O) groups excluding carboxylic acids is 1. The van der Waals surface area contributed by atoms with Crippen LogP contribution in [-0.4, -0.2) is 58.9 Å². The maximum absolute atomic E-state index is 13.3. The number of nitrogens with one attached hydrogen (secondary N) is 2. The molecule has 0 saturated heterocycles. The van der Waals surface area contributed by atoms with Gasteiger partial charge in [-0.2, -0.15) is 0 Å². The summed E-state index contributed by atoms with van der Waals surface area (Å²) in [6.45, 7) is 4.77. The van der Waals surface area contributed by atoms with Crippen LogP contribution in [0.25, 0.3) is 0 Å². The Morgan fingerprint density at radius 3 is 2.16 bits per heavy atom. The van der Waals surface area contributed by atoms with Crippen molar-refractivity contribution in [2.75, 3.05) is 53.4 Å². The monoisotopic (exact) mass is 603 g/mol. The molecule has 4 rings (SSSR count). The summed E-state index contributed by atoms with van der Waals surface area (Å²) in [4.78, 5) is 15.5. The van der Waals surface area contributed by atoms with Gasteiger partial charge in [0, 0.05) is 31.4 Å². The van der Waals surface area contributed by atoms with Gasteiger partial charge in [-0.25, -0.2) is 0 Å². The van der Waals surface area contributed by atoms with E-state index in [1.54, 1.807) is 28.4 Å². The van der Waals surface area contributed by atoms with Gasteiger partial charge in [-0.15, -0.1) is 0 Å². The van der Waals surface area contributed by atoms with Crippen LogP contribution in [-0.2, 0) is 24.2 Å². The number of rotatable bonds is 17. The molecule has 0 spiro atoms. The number of benzene rings is 3. The Kier molecular flexibility index (Phi) is 12.6. The molecule has 1 unspecified atom stereocenters. The fourth-order valence-corrected chi connectivity index (χ4v) is 5.88. The van der Waals surface area contributed by atoms with Crippen molar-refractivity contribution < 1.29 is 23.7 Å². The molecular weight excluding hydrogens is 554 g/mol. The molecule has 8 heteroatoms. The lowest BCUT2D eigenvalue weighted by Gasteiger charge is -2.37. The lowest BCUT2D eigenvalue weighted by Crippen LogP contribution is -2.43. The van der Waals surface area contributed by atoms with Crippen molar-refractivity contribution in [2.45, 2.75) is 64.5 Å². The van der Waals surface area contributed by atoms with Crippen LogP contribution in [0.3, 0.4) is 0 Å². The van der Waals surface area contributed by atoms with Crippen molar-refractivity contribution in [3.8, 4) is 23.0 Å². The Labute approximate surface area is 263 Å². The Hall–Kier alpha value is -3.91. The predicted octanol–water partition coefficient (Wildman–Crippen LogP) is 6.56. The van der Waals surface area contributed by atoms with Crippen molar-refractivity contribution in [3.05, 3.63) is 76.9 Å². The molecule has 0 fully saturated rings. The highest BCUT2D eigenvalue weighted by Crippen LogP contribution is 2.40. The van der Waals surface area contributed by atoms with Gasteiger partial charge in [0.25, 0.3) is 0 Å². The van der Waals surface area contributed by atoms with E-state index in [1.807, 2.05) is 12.1 Å². The Bertz CT molecular complexity index is 1340. The van der Waals surface area contributed by atoms with Gasteiger partial charge in [-0.1, -0.05) is 50.8 Å². The van der Waals surface area contributed by atoms with Crippen LogP contribution in [0.15, 0.2) is 54.6 Å². The van der Waals surface area contributed by atoms with Gasteiger partial charge in [0.05, 0.1) is 35.0 Å². The summed E-state index contributed by atoms with van der Waals surface area (Å²) in [5.74, 6) is 2.78. The minimum absolute atomic E-state index is 0.000480. The quantitative estimate of drug-likeness (QED) is 0.169. The Balaban J connectivity index is 1.42. The van der Waals surface area contributed by atoms with Crippen LogP contribution in [0.5, 0.6) is 23.0 Å². The van der Waals surface area contributed by atoms with E-state index in [1.165, 1.54) is 37.7 Å². The van der Waals surface area contributed by atoms with Gasteiger partial charge in [0.2, 0.25) is 5.91 Å². The summed E-state index contributed by atoms with van der Waals surface area (Å²) in [5, 5.41) is 6.64. The first-order valence-corrected chi connectivity index (χ1v) is 15.8. The highest BCUT2D eigenvalue weighted by molar-refractivity contribution is 5.78. The van der Waals surface area contributed by atoms with E-state index in [2.05, 4.69) is 64.9 Å². The third-order valence-corrected chi connectivity index (χ3v) is 8.39. The van der Waals surface area contributed by atoms with E-state index in [9.17, 15) is 4.79 Å². The summed E-state index contributed by atoms with van der Waals surface area (Å²) in [7, 11) is 6.59. The highest BCUT2D eigenvalue weighted by atomic mass is 16.5. The van der Waals surface area contributed by atoms with Crippen LogP contribution in [0, 0.1) is 0 Å². The molecule has 0 aliphatic carbocycles. The molecular formula is C36H49N3O5. The molecule has 44 heavy (non-hydrogen) atoms. The Morgan fingerprint density at radius 1 is 0.795 bits per heavy atom. The van der Waals surface area contributed by atoms with Gasteiger partial charge >= 0.3 is 0 Å². The number of hydrogen-bond acceptors (Lipinski definition) is 7. The lowest BCUT2D eigenvalue weighted by atomic mass is 9.88. The molecule has 0 radical (unpaired) electrons. The molecule has 0 saturated carbocycles. The summed E-state index contributed by atoms with van der Waals surface area (Å²) in [5.41, 5.74) is 5.64. The smallest absolute Gasteiger partial charge is 0.234 e. The molecule has 1 aliphatic heterocycles. The second kappa shape index (κ2) is 16.8. The third-order valence-electron chi connectivity index (χ3n) is 8.39. The number of methoxy groups -OCH3 is 4. The largest absolute Gasteiger partial charge is 0.493 e. The first kappa shape index (κ1) is 33.0. The first-order chi connectivity index (χ1) is 21.5. The van der Waals surface area contributed by atoms with Crippen LogP contribution < -0.4 is 29.6 Å². The predicted molar refractivity (Wildman–Crippen MR) is 176 cm³/mol. The number of ether oxygens (including phenoxy) is 4. The lowest BCUT2D eigenvalue weighted by molar-refractivity contribution is -0.123. The summed E-state index contributed by atoms with van der Waals surface area (Å²) >= 11 is 0. The van der Waals surface area contributed by atoms with Gasteiger partial charge in [-0.3, -0.25) is 9.69 Å². The maximum atomic E-state index is 13.3. The van der Waals surface area contributed by atoms with Crippen LogP contribution in [0.1, 0.15) is 67.3 Å². The van der Waals surface area contributed by atoms with E-state index in [0.717, 1.165) is 47.6 Å². The molecule has 3 aromatic carbocycles. The van der Waals surface area contributed by atoms with Gasteiger partial charge < -0.3 is 29.6 Å². The van der Waals surface area contributed by atoms with E-state index >= 15 is 0 Å². The van der Waals surface area contributed by atoms with E-state index in [0.29, 0.717) is 36.8 Å². The first-order valence-electron chi connectivity index (χ1n) is 15.8. The second-order valence-corrected chi connectivity index (χ2v) is 11.4. The highest BCUT2D eigenvalue weighted by Gasteiger charge is 2.31. The molecule has 2 N–H and O–H groups in total. The van der Waals surface area contributed by atoms with Crippen LogP contribution in [0.2, 0.25) is 0 Å².